The average molecular weight is 261 g/mol. The third kappa shape index (κ3) is 2.92. The van der Waals surface area contributed by atoms with Gasteiger partial charge in [0.2, 0.25) is 0 Å². The van der Waals surface area contributed by atoms with Gasteiger partial charge in [0.05, 0.1) is 6.61 Å². The van der Waals surface area contributed by atoms with Gasteiger partial charge in [0, 0.05) is 17.2 Å². The number of nitrogens with two attached hydrogens (primary N) is 1. The van der Waals surface area contributed by atoms with Crippen molar-refractivity contribution in [2.45, 2.75) is 19.6 Å². The molecular weight excluding hydrogens is 245 g/mol. The second-order valence-corrected chi connectivity index (χ2v) is 4.31. The van der Waals surface area contributed by atoms with Crippen molar-refractivity contribution in [1.29, 1.82) is 0 Å². The van der Waals surface area contributed by atoms with E-state index in [1.54, 1.807) is 43.3 Å². The summed E-state index contributed by atoms with van der Waals surface area (Å²) in [5.74, 6) is 0.0675. The summed E-state index contributed by atoms with van der Waals surface area (Å²) in [5.41, 5.74) is 7.00. The lowest BCUT2D eigenvalue weighted by atomic mass is 10.1. The Morgan fingerprint density at radius 3 is 2.63 bits per heavy atom. The summed E-state index contributed by atoms with van der Waals surface area (Å²) in [7, 11) is 0. The Labute approximate surface area is 111 Å². The molecule has 3 N–H and O–H groups in total. The predicted molar refractivity (Wildman–Crippen MR) is 71.4 cm³/mol. The Kier molecular flexibility index (Phi) is 4.14. The highest BCUT2D eigenvalue weighted by Gasteiger charge is 2.15. The minimum absolute atomic E-state index is 0.110. The summed E-state index contributed by atoms with van der Waals surface area (Å²) in [6.07, 6.45) is 0. The lowest BCUT2D eigenvalue weighted by molar-refractivity contribution is 0.275. The van der Waals surface area contributed by atoms with E-state index in [0.29, 0.717) is 16.9 Å². The molecule has 0 aromatic heterocycles. The van der Waals surface area contributed by atoms with Gasteiger partial charge in [0.25, 0.3) is 0 Å². The molecule has 1 unspecified atom stereocenters. The maximum absolute atomic E-state index is 13.9. The van der Waals surface area contributed by atoms with Gasteiger partial charge in [-0.3, -0.25) is 0 Å². The quantitative estimate of drug-likeness (QED) is 0.889. The first-order valence-electron chi connectivity index (χ1n) is 6.04. The largest absolute Gasteiger partial charge is 0.454 e. The Morgan fingerprint density at radius 2 is 1.95 bits per heavy atom. The lowest BCUT2D eigenvalue weighted by Gasteiger charge is -2.16. The van der Waals surface area contributed by atoms with Crippen molar-refractivity contribution in [1.82, 2.24) is 0 Å². The molecule has 0 fully saturated rings. The van der Waals surface area contributed by atoms with Gasteiger partial charge in [-0.1, -0.05) is 30.3 Å². The molecule has 0 bridgehead atoms. The van der Waals surface area contributed by atoms with Crippen molar-refractivity contribution < 1.29 is 14.2 Å². The van der Waals surface area contributed by atoms with E-state index in [1.807, 2.05) is 0 Å². The van der Waals surface area contributed by atoms with Crippen molar-refractivity contribution in [3.05, 3.63) is 59.4 Å². The molecule has 4 heteroatoms. The highest BCUT2D eigenvalue weighted by molar-refractivity contribution is 5.43. The van der Waals surface area contributed by atoms with Crippen LogP contribution in [0.5, 0.6) is 11.5 Å². The molecule has 2 rings (SSSR count). The number of aliphatic hydroxyl groups excluding tert-OH is 1. The third-order valence-electron chi connectivity index (χ3n) is 2.84. The van der Waals surface area contributed by atoms with Gasteiger partial charge >= 0.3 is 0 Å². The number of para-hydroxylation sites is 2. The molecule has 0 aliphatic carbocycles. The second kappa shape index (κ2) is 5.82. The van der Waals surface area contributed by atoms with E-state index in [-0.39, 0.29) is 18.4 Å². The molecule has 0 saturated heterocycles. The lowest BCUT2D eigenvalue weighted by Crippen LogP contribution is -2.08. The fraction of sp³-hybridized carbons (Fsp3) is 0.200. The number of ether oxygens (including phenoxy) is 1. The molecule has 19 heavy (non-hydrogen) atoms. The zero-order chi connectivity index (χ0) is 13.8. The fourth-order valence-electron chi connectivity index (χ4n) is 1.84. The molecule has 0 aliphatic heterocycles. The Balaban J connectivity index is 2.43. The van der Waals surface area contributed by atoms with Crippen molar-refractivity contribution in [3.8, 4) is 11.5 Å². The summed E-state index contributed by atoms with van der Waals surface area (Å²) >= 11 is 0. The summed E-state index contributed by atoms with van der Waals surface area (Å²) in [5, 5.41) is 9.25. The molecule has 100 valence electrons. The Bertz CT molecular complexity index is 570. The number of aliphatic hydroxyl groups is 1. The molecule has 2 aromatic rings. The van der Waals surface area contributed by atoms with Crippen molar-refractivity contribution >= 4 is 0 Å². The van der Waals surface area contributed by atoms with Crippen LogP contribution in [0.1, 0.15) is 24.1 Å². The predicted octanol–water partition coefficient (Wildman–Crippen LogP) is 3.13. The first-order chi connectivity index (χ1) is 9.13. The monoisotopic (exact) mass is 261 g/mol. The van der Waals surface area contributed by atoms with Crippen LogP contribution >= 0.6 is 0 Å². The molecule has 3 nitrogen and oxygen atoms in total. The van der Waals surface area contributed by atoms with E-state index < -0.39 is 5.82 Å². The Morgan fingerprint density at radius 1 is 1.21 bits per heavy atom. The number of hydrogen-bond acceptors (Lipinski definition) is 3. The normalized spacial score (nSPS) is 12.2. The molecule has 1 atom stereocenters. The standard InChI is InChI=1S/C15H16FNO2/c1-10(17)12-6-4-7-13(16)15(12)19-14-8-3-2-5-11(14)9-18/h2-8,10,18H,9,17H2,1H3. The van der Waals surface area contributed by atoms with Crippen LogP contribution in [0.3, 0.4) is 0 Å². The van der Waals surface area contributed by atoms with Gasteiger partial charge in [-0.2, -0.15) is 0 Å². The van der Waals surface area contributed by atoms with Gasteiger partial charge in [-0.05, 0) is 19.1 Å². The van der Waals surface area contributed by atoms with Crippen LogP contribution in [0, 0.1) is 5.82 Å². The maximum atomic E-state index is 13.9. The van der Waals surface area contributed by atoms with Crippen molar-refractivity contribution in [2.24, 2.45) is 5.73 Å². The first-order valence-corrected chi connectivity index (χ1v) is 6.04. The van der Waals surface area contributed by atoms with Crippen LogP contribution in [-0.4, -0.2) is 5.11 Å². The van der Waals surface area contributed by atoms with Crippen LogP contribution in [0.2, 0.25) is 0 Å². The fourth-order valence-corrected chi connectivity index (χ4v) is 1.84. The first kappa shape index (κ1) is 13.5. The number of hydrogen-bond donors (Lipinski definition) is 2. The van der Waals surface area contributed by atoms with Gasteiger partial charge in [-0.25, -0.2) is 4.39 Å². The number of benzene rings is 2. The average Bonchev–Trinajstić information content (AvgIpc) is 2.41. The summed E-state index contributed by atoms with van der Waals surface area (Å²) in [4.78, 5) is 0. The topological polar surface area (TPSA) is 55.5 Å². The number of halogens is 1. The smallest absolute Gasteiger partial charge is 0.167 e. The minimum Gasteiger partial charge on any atom is -0.454 e. The minimum atomic E-state index is -0.470. The third-order valence-corrected chi connectivity index (χ3v) is 2.84. The SMILES string of the molecule is CC(N)c1cccc(F)c1Oc1ccccc1CO. The second-order valence-electron chi connectivity index (χ2n) is 4.31. The highest BCUT2D eigenvalue weighted by Crippen LogP contribution is 2.33. The van der Waals surface area contributed by atoms with Crippen LogP contribution in [0.4, 0.5) is 4.39 Å². The zero-order valence-corrected chi connectivity index (χ0v) is 10.6. The molecule has 0 radical (unpaired) electrons. The van der Waals surface area contributed by atoms with Gasteiger partial charge in [0.1, 0.15) is 5.75 Å². The molecule has 0 amide bonds. The van der Waals surface area contributed by atoms with E-state index in [2.05, 4.69) is 0 Å². The molecular formula is C15H16FNO2. The molecule has 0 heterocycles. The van der Waals surface area contributed by atoms with Crippen LogP contribution in [-0.2, 0) is 6.61 Å². The summed E-state index contributed by atoms with van der Waals surface area (Å²) < 4.78 is 19.5. The molecule has 2 aromatic carbocycles. The molecule has 0 aliphatic rings. The van der Waals surface area contributed by atoms with E-state index in [4.69, 9.17) is 10.5 Å². The van der Waals surface area contributed by atoms with Crippen molar-refractivity contribution in [3.63, 3.8) is 0 Å². The van der Waals surface area contributed by atoms with Crippen LogP contribution in [0.15, 0.2) is 42.5 Å². The molecule has 0 saturated carbocycles. The van der Waals surface area contributed by atoms with Crippen molar-refractivity contribution in [2.75, 3.05) is 0 Å². The van der Waals surface area contributed by atoms with E-state index in [1.165, 1.54) is 6.07 Å². The van der Waals surface area contributed by atoms with Crippen LogP contribution < -0.4 is 10.5 Å². The molecule has 0 spiro atoms. The van der Waals surface area contributed by atoms with E-state index >= 15 is 0 Å². The van der Waals surface area contributed by atoms with E-state index in [0.717, 1.165) is 0 Å². The number of rotatable bonds is 4. The van der Waals surface area contributed by atoms with Gasteiger partial charge in [-0.15, -0.1) is 0 Å². The van der Waals surface area contributed by atoms with Gasteiger partial charge < -0.3 is 15.6 Å². The van der Waals surface area contributed by atoms with Crippen LogP contribution in [0.25, 0.3) is 0 Å². The van der Waals surface area contributed by atoms with E-state index in [9.17, 15) is 9.50 Å². The zero-order valence-electron chi connectivity index (χ0n) is 10.6. The summed E-state index contributed by atoms with van der Waals surface area (Å²) in [6, 6.07) is 11.3. The summed E-state index contributed by atoms with van der Waals surface area (Å²) in [6.45, 7) is 1.59. The highest BCUT2D eigenvalue weighted by atomic mass is 19.1. The van der Waals surface area contributed by atoms with Gasteiger partial charge in [0.15, 0.2) is 11.6 Å². The maximum Gasteiger partial charge on any atom is 0.167 e. The Hall–Kier alpha value is -1.91.